The zero-order chi connectivity index (χ0) is 13.9. The summed E-state index contributed by atoms with van der Waals surface area (Å²) in [5.74, 6) is 0.929. The summed E-state index contributed by atoms with van der Waals surface area (Å²) in [6, 6.07) is 5.80. The van der Waals surface area contributed by atoms with Crippen LogP contribution in [0.25, 0.3) is 0 Å². The minimum atomic E-state index is -0.664. The number of benzene rings is 1. The molecule has 0 aliphatic carbocycles. The lowest BCUT2D eigenvalue weighted by Crippen LogP contribution is -2.26. The summed E-state index contributed by atoms with van der Waals surface area (Å²) in [7, 11) is 0. The predicted molar refractivity (Wildman–Crippen MR) is 72.1 cm³/mol. The van der Waals surface area contributed by atoms with Gasteiger partial charge in [-0.2, -0.15) is 0 Å². The Bertz CT molecular complexity index is 428. The lowest BCUT2D eigenvalue weighted by Gasteiger charge is -2.19. The van der Waals surface area contributed by atoms with Crippen molar-refractivity contribution in [3.63, 3.8) is 0 Å². The highest BCUT2D eigenvalue weighted by atomic mass is 16.7. The molecule has 0 atom stereocenters. The maximum Gasteiger partial charge on any atom is 0.514 e. The Kier molecular flexibility index (Phi) is 4.38. The van der Waals surface area contributed by atoms with E-state index in [0.29, 0.717) is 11.7 Å². The fourth-order valence-corrected chi connectivity index (χ4v) is 1.54. The number of hydrogen-bond donors (Lipinski definition) is 0. The molecule has 0 radical (unpaired) electrons. The minimum Gasteiger partial charge on any atom is -0.428 e. The van der Waals surface area contributed by atoms with E-state index in [1.807, 2.05) is 39.8 Å². The number of ether oxygens (including phenoxy) is 2. The van der Waals surface area contributed by atoms with E-state index in [4.69, 9.17) is 9.47 Å². The van der Waals surface area contributed by atoms with Crippen molar-refractivity contribution in [1.29, 1.82) is 0 Å². The van der Waals surface area contributed by atoms with Crippen molar-refractivity contribution in [3.05, 3.63) is 29.3 Å². The first-order chi connectivity index (χ1) is 8.17. The summed E-state index contributed by atoms with van der Waals surface area (Å²) in [4.78, 5) is 11.6. The Labute approximate surface area is 109 Å². The van der Waals surface area contributed by atoms with E-state index in [2.05, 4.69) is 19.9 Å². The first kappa shape index (κ1) is 14.6. The van der Waals surface area contributed by atoms with Gasteiger partial charge >= 0.3 is 6.16 Å². The second-order valence-corrected chi connectivity index (χ2v) is 5.80. The Morgan fingerprint density at radius 3 is 2.28 bits per heavy atom. The molecule has 3 nitrogen and oxygen atoms in total. The number of hydrogen-bond acceptors (Lipinski definition) is 3. The lowest BCUT2D eigenvalue weighted by molar-refractivity contribution is 0.0206. The van der Waals surface area contributed by atoms with Crippen molar-refractivity contribution in [2.75, 3.05) is 0 Å². The van der Waals surface area contributed by atoms with Crippen molar-refractivity contribution in [1.82, 2.24) is 0 Å². The average molecular weight is 250 g/mol. The van der Waals surface area contributed by atoms with E-state index < -0.39 is 11.8 Å². The highest BCUT2D eigenvalue weighted by Crippen LogP contribution is 2.23. The van der Waals surface area contributed by atoms with Gasteiger partial charge in [-0.3, -0.25) is 0 Å². The van der Waals surface area contributed by atoms with Gasteiger partial charge in [0.25, 0.3) is 0 Å². The molecule has 0 saturated carbocycles. The zero-order valence-corrected chi connectivity index (χ0v) is 12.0. The molecule has 0 aromatic heterocycles. The molecule has 0 aliphatic heterocycles. The minimum absolute atomic E-state index is 0.394. The number of carbonyl (C=O) groups is 1. The summed E-state index contributed by atoms with van der Waals surface area (Å²) >= 11 is 0. The molecule has 0 bridgehead atoms. The van der Waals surface area contributed by atoms with Crippen LogP contribution in [0.4, 0.5) is 4.79 Å². The van der Waals surface area contributed by atoms with Crippen LogP contribution < -0.4 is 4.74 Å². The van der Waals surface area contributed by atoms with Gasteiger partial charge in [0.2, 0.25) is 0 Å². The van der Waals surface area contributed by atoms with Crippen LogP contribution in [0.1, 0.15) is 51.7 Å². The first-order valence-corrected chi connectivity index (χ1v) is 6.20. The number of carbonyl (C=O) groups excluding carboxylic acids is 1. The molecule has 1 rings (SSSR count). The third-order valence-electron chi connectivity index (χ3n) is 2.33. The maximum atomic E-state index is 11.6. The molecule has 0 fully saturated rings. The molecule has 0 saturated heterocycles. The van der Waals surface area contributed by atoms with Crippen LogP contribution in [0.5, 0.6) is 5.75 Å². The standard InChI is InChI=1S/C15H22O3/c1-10(2)12-7-11(3)8-13(9-12)17-14(16)18-15(4,5)6/h7-10H,1-6H3. The summed E-state index contributed by atoms with van der Waals surface area (Å²) in [6.45, 7) is 11.6. The fourth-order valence-electron chi connectivity index (χ4n) is 1.54. The molecule has 0 heterocycles. The summed E-state index contributed by atoms with van der Waals surface area (Å²) in [5.41, 5.74) is 1.68. The molecule has 0 unspecified atom stereocenters. The molecular weight excluding hydrogens is 228 g/mol. The molecule has 18 heavy (non-hydrogen) atoms. The van der Waals surface area contributed by atoms with E-state index >= 15 is 0 Å². The third-order valence-corrected chi connectivity index (χ3v) is 2.33. The smallest absolute Gasteiger partial charge is 0.428 e. The van der Waals surface area contributed by atoms with Gasteiger partial charge in [-0.25, -0.2) is 4.79 Å². The monoisotopic (exact) mass is 250 g/mol. The van der Waals surface area contributed by atoms with Crippen LogP contribution in [0.3, 0.4) is 0 Å². The van der Waals surface area contributed by atoms with Crippen LogP contribution in [0.2, 0.25) is 0 Å². The molecule has 100 valence electrons. The van der Waals surface area contributed by atoms with E-state index in [0.717, 1.165) is 11.1 Å². The molecule has 0 amide bonds. The van der Waals surface area contributed by atoms with Crippen LogP contribution in [0, 0.1) is 6.92 Å². The van der Waals surface area contributed by atoms with Crippen LogP contribution in [-0.2, 0) is 4.74 Å². The van der Waals surface area contributed by atoms with Crippen LogP contribution in [0.15, 0.2) is 18.2 Å². The van der Waals surface area contributed by atoms with E-state index in [-0.39, 0.29) is 0 Å². The zero-order valence-electron chi connectivity index (χ0n) is 12.0. The average Bonchev–Trinajstić information content (AvgIpc) is 2.12. The largest absolute Gasteiger partial charge is 0.514 e. The second kappa shape index (κ2) is 5.42. The van der Waals surface area contributed by atoms with E-state index in [9.17, 15) is 4.79 Å². The molecular formula is C15H22O3. The van der Waals surface area contributed by atoms with Crippen molar-refractivity contribution in [2.45, 2.75) is 53.1 Å². The van der Waals surface area contributed by atoms with Gasteiger partial charge in [0.1, 0.15) is 11.4 Å². The SMILES string of the molecule is Cc1cc(OC(=O)OC(C)(C)C)cc(C(C)C)c1. The molecule has 1 aromatic carbocycles. The van der Waals surface area contributed by atoms with Crippen molar-refractivity contribution < 1.29 is 14.3 Å². The van der Waals surface area contributed by atoms with E-state index in [1.165, 1.54) is 0 Å². The first-order valence-electron chi connectivity index (χ1n) is 6.20. The van der Waals surface area contributed by atoms with Gasteiger partial charge in [0.15, 0.2) is 0 Å². The molecule has 0 N–H and O–H groups in total. The Hall–Kier alpha value is -1.51. The second-order valence-electron chi connectivity index (χ2n) is 5.80. The number of rotatable bonds is 2. The van der Waals surface area contributed by atoms with Gasteiger partial charge < -0.3 is 9.47 Å². The van der Waals surface area contributed by atoms with Crippen molar-refractivity contribution >= 4 is 6.16 Å². The van der Waals surface area contributed by atoms with Gasteiger partial charge in [-0.15, -0.1) is 0 Å². The third kappa shape index (κ3) is 4.78. The van der Waals surface area contributed by atoms with Gasteiger partial charge in [-0.05, 0) is 56.9 Å². The maximum absolute atomic E-state index is 11.6. The van der Waals surface area contributed by atoms with Crippen LogP contribution >= 0.6 is 0 Å². The molecule has 0 spiro atoms. The van der Waals surface area contributed by atoms with Crippen molar-refractivity contribution in [2.24, 2.45) is 0 Å². The Morgan fingerprint density at radius 1 is 1.17 bits per heavy atom. The normalized spacial score (nSPS) is 11.5. The van der Waals surface area contributed by atoms with Gasteiger partial charge in [-0.1, -0.05) is 19.9 Å². The Balaban J connectivity index is 2.82. The fraction of sp³-hybridized carbons (Fsp3) is 0.533. The molecule has 0 aliphatic rings. The Morgan fingerprint density at radius 2 is 1.78 bits per heavy atom. The number of aryl methyl sites for hydroxylation is 1. The topological polar surface area (TPSA) is 35.5 Å². The predicted octanol–water partition coefficient (Wildman–Crippen LogP) is 4.43. The van der Waals surface area contributed by atoms with Crippen LogP contribution in [-0.4, -0.2) is 11.8 Å². The molecule has 3 heteroatoms. The van der Waals surface area contributed by atoms with Gasteiger partial charge in [0.05, 0.1) is 0 Å². The van der Waals surface area contributed by atoms with E-state index in [1.54, 1.807) is 0 Å². The summed E-state index contributed by atoms with van der Waals surface area (Å²) in [6.07, 6.45) is -0.664. The van der Waals surface area contributed by atoms with Crippen molar-refractivity contribution in [3.8, 4) is 5.75 Å². The van der Waals surface area contributed by atoms with Gasteiger partial charge in [0, 0.05) is 0 Å². The highest BCUT2D eigenvalue weighted by Gasteiger charge is 2.18. The molecule has 1 aromatic rings. The lowest BCUT2D eigenvalue weighted by atomic mass is 10.0. The highest BCUT2D eigenvalue weighted by molar-refractivity contribution is 5.64. The summed E-state index contributed by atoms with van der Waals surface area (Å²) in [5, 5.41) is 0. The summed E-state index contributed by atoms with van der Waals surface area (Å²) < 4.78 is 10.3. The quantitative estimate of drug-likeness (QED) is 0.575.